The Hall–Kier alpha value is -0.960. The van der Waals surface area contributed by atoms with Crippen LogP contribution in [0.2, 0.25) is 0 Å². The second-order valence-electron chi connectivity index (χ2n) is 4.68. The largest absolute Gasteiger partial charge is 0.477 e. The van der Waals surface area contributed by atoms with Crippen LogP contribution in [-0.4, -0.2) is 50.1 Å². The van der Waals surface area contributed by atoms with Gasteiger partial charge in [0.05, 0.1) is 0 Å². The monoisotopic (exact) mass is 318 g/mol. The van der Waals surface area contributed by atoms with Crippen LogP contribution >= 0.6 is 11.3 Å². The van der Waals surface area contributed by atoms with Gasteiger partial charge in [-0.3, -0.25) is 4.90 Å². The molecule has 0 amide bonds. The molecule has 0 bridgehead atoms. The second-order valence-corrected chi connectivity index (χ2v) is 7.76. The molecular formula is C12H18N2O4S2. The molecule has 1 aromatic heterocycles. The van der Waals surface area contributed by atoms with E-state index in [-0.39, 0.29) is 9.09 Å². The third-order valence-corrected chi connectivity index (χ3v) is 6.24. The molecule has 2 N–H and O–H groups in total. The van der Waals surface area contributed by atoms with Crippen molar-refractivity contribution in [1.82, 2.24) is 9.62 Å². The van der Waals surface area contributed by atoms with Gasteiger partial charge in [-0.25, -0.2) is 17.9 Å². The molecule has 0 saturated heterocycles. The van der Waals surface area contributed by atoms with Crippen LogP contribution in [0.25, 0.3) is 0 Å². The fourth-order valence-electron chi connectivity index (χ4n) is 2.01. The Morgan fingerprint density at radius 3 is 2.70 bits per heavy atom. The van der Waals surface area contributed by atoms with Gasteiger partial charge in [-0.1, -0.05) is 6.92 Å². The predicted molar refractivity (Wildman–Crippen MR) is 76.7 cm³/mol. The van der Waals surface area contributed by atoms with E-state index in [1.165, 1.54) is 25.0 Å². The summed E-state index contributed by atoms with van der Waals surface area (Å²) < 4.78 is 26.6. The summed E-state index contributed by atoms with van der Waals surface area (Å²) in [5, 5.41) is 8.80. The maximum Gasteiger partial charge on any atom is 0.345 e. The summed E-state index contributed by atoms with van der Waals surface area (Å²) in [6.45, 7) is 3.99. The topological polar surface area (TPSA) is 86.7 Å². The van der Waals surface area contributed by atoms with E-state index in [9.17, 15) is 13.2 Å². The summed E-state index contributed by atoms with van der Waals surface area (Å²) in [4.78, 5) is 13.0. The van der Waals surface area contributed by atoms with Crippen molar-refractivity contribution < 1.29 is 18.3 Å². The number of nitrogens with one attached hydrogen (secondary N) is 1. The number of sulfonamides is 1. The molecule has 0 aromatic carbocycles. The van der Waals surface area contributed by atoms with Crippen molar-refractivity contribution in [3.8, 4) is 0 Å². The van der Waals surface area contributed by atoms with Crippen molar-refractivity contribution in [3.63, 3.8) is 0 Å². The van der Waals surface area contributed by atoms with E-state index in [2.05, 4.69) is 16.5 Å². The SMILES string of the molecule is CCN(CCNS(=O)(=O)c1ccc(C(=O)O)s1)C1CC1. The minimum Gasteiger partial charge on any atom is -0.477 e. The Labute approximate surface area is 122 Å². The van der Waals surface area contributed by atoms with E-state index in [1.54, 1.807) is 0 Å². The second kappa shape index (κ2) is 6.21. The lowest BCUT2D eigenvalue weighted by atomic mass is 10.4. The molecule has 1 saturated carbocycles. The number of aromatic carboxylic acids is 1. The highest BCUT2D eigenvalue weighted by Crippen LogP contribution is 2.26. The maximum atomic E-state index is 12.0. The first-order valence-electron chi connectivity index (χ1n) is 6.51. The third-order valence-electron chi connectivity index (χ3n) is 3.22. The van der Waals surface area contributed by atoms with Gasteiger partial charge in [-0.05, 0) is 31.5 Å². The summed E-state index contributed by atoms with van der Waals surface area (Å²) in [6, 6.07) is 3.24. The highest BCUT2D eigenvalue weighted by atomic mass is 32.2. The van der Waals surface area contributed by atoms with E-state index in [0.717, 1.165) is 17.9 Å². The number of likely N-dealkylation sites (N-methyl/N-ethyl adjacent to an activating group) is 1. The Kier molecular flexibility index (Phi) is 4.79. The minimum absolute atomic E-state index is 0.0264. The zero-order chi connectivity index (χ0) is 14.8. The normalized spacial score (nSPS) is 15.7. The highest BCUT2D eigenvalue weighted by Gasteiger charge is 2.27. The minimum atomic E-state index is -3.60. The molecule has 1 aliphatic carbocycles. The zero-order valence-corrected chi connectivity index (χ0v) is 12.8. The van der Waals surface area contributed by atoms with Crippen LogP contribution in [0.5, 0.6) is 0 Å². The van der Waals surface area contributed by atoms with Crippen LogP contribution in [0.3, 0.4) is 0 Å². The predicted octanol–water partition coefficient (Wildman–Crippen LogP) is 1.21. The molecule has 2 rings (SSSR count). The standard InChI is InChI=1S/C12H18N2O4S2/c1-2-14(9-3-4-9)8-7-13-20(17,18)11-6-5-10(19-11)12(15)16/h5-6,9,13H,2-4,7-8H2,1H3,(H,15,16). The van der Waals surface area contributed by atoms with E-state index < -0.39 is 16.0 Å². The van der Waals surface area contributed by atoms with Crippen LogP contribution in [0.1, 0.15) is 29.4 Å². The fraction of sp³-hybridized carbons (Fsp3) is 0.583. The van der Waals surface area contributed by atoms with Gasteiger partial charge >= 0.3 is 5.97 Å². The Morgan fingerprint density at radius 1 is 1.50 bits per heavy atom. The zero-order valence-electron chi connectivity index (χ0n) is 11.2. The van der Waals surface area contributed by atoms with Gasteiger partial charge < -0.3 is 5.11 Å². The van der Waals surface area contributed by atoms with E-state index in [4.69, 9.17) is 5.11 Å². The first-order chi connectivity index (χ1) is 9.44. The van der Waals surface area contributed by atoms with Crippen LogP contribution < -0.4 is 4.72 Å². The molecule has 1 fully saturated rings. The lowest BCUT2D eigenvalue weighted by molar-refractivity contribution is 0.0702. The highest BCUT2D eigenvalue weighted by molar-refractivity contribution is 7.91. The van der Waals surface area contributed by atoms with Crippen LogP contribution in [0, 0.1) is 0 Å². The molecule has 1 aliphatic rings. The van der Waals surface area contributed by atoms with Crippen molar-refractivity contribution in [2.45, 2.75) is 30.0 Å². The van der Waals surface area contributed by atoms with Crippen molar-refractivity contribution in [2.75, 3.05) is 19.6 Å². The number of hydrogen-bond acceptors (Lipinski definition) is 5. The van der Waals surface area contributed by atoms with E-state index >= 15 is 0 Å². The first-order valence-corrected chi connectivity index (χ1v) is 8.81. The summed E-state index contributed by atoms with van der Waals surface area (Å²) >= 11 is 0.768. The molecule has 0 radical (unpaired) electrons. The molecule has 8 heteroatoms. The molecule has 1 aromatic rings. The Morgan fingerprint density at radius 2 is 2.20 bits per heavy atom. The molecule has 0 atom stereocenters. The van der Waals surface area contributed by atoms with Gasteiger partial charge in [0.2, 0.25) is 10.0 Å². The van der Waals surface area contributed by atoms with Gasteiger partial charge in [0, 0.05) is 19.1 Å². The van der Waals surface area contributed by atoms with Crippen molar-refractivity contribution >= 4 is 27.3 Å². The number of rotatable bonds is 8. The van der Waals surface area contributed by atoms with Gasteiger partial charge in [0.1, 0.15) is 9.09 Å². The van der Waals surface area contributed by atoms with Crippen molar-refractivity contribution in [1.29, 1.82) is 0 Å². The number of carbonyl (C=O) groups is 1. The lowest BCUT2D eigenvalue weighted by Gasteiger charge is -2.19. The van der Waals surface area contributed by atoms with Gasteiger partial charge in [-0.2, -0.15) is 0 Å². The number of carboxylic acid groups (broad SMARTS) is 1. The summed E-state index contributed by atoms with van der Waals surface area (Å²) in [6.07, 6.45) is 2.38. The first kappa shape index (κ1) is 15.4. The van der Waals surface area contributed by atoms with Gasteiger partial charge in [0.25, 0.3) is 0 Å². The fourth-order valence-corrected chi connectivity index (χ4v) is 4.22. The molecule has 6 nitrogen and oxygen atoms in total. The molecular weight excluding hydrogens is 300 g/mol. The average Bonchev–Trinajstić information content (AvgIpc) is 3.08. The van der Waals surface area contributed by atoms with E-state index in [1.807, 2.05) is 0 Å². The summed E-state index contributed by atoms with van der Waals surface area (Å²) in [5.74, 6) is -1.11. The van der Waals surface area contributed by atoms with E-state index in [0.29, 0.717) is 19.1 Å². The van der Waals surface area contributed by atoms with Crippen LogP contribution in [0.4, 0.5) is 0 Å². The van der Waals surface area contributed by atoms with Crippen molar-refractivity contribution in [2.24, 2.45) is 0 Å². The summed E-state index contributed by atoms with van der Waals surface area (Å²) in [5.41, 5.74) is 0. The molecule has 0 spiro atoms. The number of nitrogens with zero attached hydrogens (tertiary/aromatic N) is 1. The lowest BCUT2D eigenvalue weighted by Crippen LogP contribution is -2.35. The Balaban J connectivity index is 1.91. The molecule has 112 valence electrons. The molecule has 0 aliphatic heterocycles. The third kappa shape index (κ3) is 3.78. The number of hydrogen-bond donors (Lipinski definition) is 2. The van der Waals surface area contributed by atoms with Gasteiger partial charge in [-0.15, -0.1) is 11.3 Å². The number of carboxylic acids is 1. The molecule has 1 heterocycles. The smallest absolute Gasteiger partial charge is 0.345 e. The van der Waals surface area contributed by atoms with Crippen LogP contribution in [0.15, 0.2) is 16.3 Å². The maximum absolute atomic E-state index is 12.0. The van der Waals surface area contributed by atoms with Gasteiger partial charge in [0.15, 0.2) is 0 Å². The van der Waals surface area contributed by atoms with Crippen molar-refractivity contribution in [3.05, 3.63) is 17.0 Å². The molecule has 0 unspecified atom stereocenters. The quantitative estimate of drug-likeness (QED) is 0.752. The summed E-state index contributed by atoms with van der Waals surface area (Å²) in [7, 11) is -3.60. The average molecular weight is 318 g/mol. The number of thiophene rings is 1. The van der Waals surface area contributed by atoms with Crippen LogP contribution in [-0.2, 0) is 10.0 Å². The molecule has 20 heavy (non-hydrogen) atoms. The Bertz CT molecular complexity index is 578.